The number of halogens is 1. The van der Waals surface area contributed by atoms with Gasteiger partial charge in [0.2, 0.25) is 0 Å². The Kier molecular flexibility index (Phi) is 3.97. The van der Waals surface area contributed by atoms with Crippen LogP contribution in [0.2, 0.25) is 5.15 Å². The zero-order valence-electron chi connectivity index (χ0n) is 9.97. The van der Waals surface area contributed by atoms with Gasteiger partial charge in [0.1, 0.15) is 22.7 Å². The molecule has 2 N–H and O–H groups in total. The van der Waals surface area contributed by atoms with Crippen LogP contribution in [0, 0.1) is 0 Å². The fraction of sp³-hybridized carbons (Fsp3) is 0.308. The number of rotatable bonds is 3. The number of allylic oxidation sites excluding steroid dienone is 1. The smallest absolute Gasteiger partial charge is 0.354 e. The number of aliphatic hydroxyl groups excluding tert-OH is 1. The van der Waals surface area contributed by atoms with Crippen molar-refractivity contribution in [3.63, 3.8) is 0 Å². The number of carbonyl (C=O) groups excluding carboxylic acids is 1. The topological polar surface area (TPSA) is 87.5 Å². The van der Waals surface area contributed by atoms with Crippen LogP contribution < -0.4 is 0 Å². The quantitative estimate of drug-likeness (QED) is 0.655. The monoisotopic (exact) mass is 281 g/mol. The molecule has 0 bridgehead atoms. The fourth-order valence-electron chi connectivity index (χ4n) is 1.98. The Hall–Kier alpha value is -1.72. The lowest BCUT2D eigenvalue weighted by atomic mass is 9.91. The average molecular weight is 282 g/mol. The minimum absolute atomic E-state index is 0.0636. The standard InChI is InChI=1S/C13H12ClNO4/c14-12-9(4-5-10(15-12)13(18)19)11(17)7-2-1-3-8(16)6-7/h2,4-5,11,17H,1,3,6H2,(H,18,19). The molecule has 0 aliphatic heterocycles. The van der Waals surface area contributed by atoms with Crippen LogP contribution in [0.1, 0.15) is 41.4 Å². The summed E-state index contributed by atoms with van der Waals surface area (Å²) >= 11 is 5.88. The lowest BCUT2D eigenvalue weighted by Crippen LogP contribution is -2.12. The van der Waals surface area contributed by atoms with E-state index in [0.717, 1.165) is 0 Å². The Morgan fingerprint density at radius 2 is 2.16 bits per heavy atom. The highest BCUT2D eigenvalue weighted by molar-refractivity contribution is 6.30. The molecule has 1 atom stereocenters. The van der Waals surface area contributed by atoms with Gasteiger partial charge in [-0.25, -0.2) is 9.78 Å². The van der Waals surface area contributed by atoms with Gasteiger partial charge in [-0.05, 0) is 18.1 Å². The molecule has 1 aromatic heterocycles. The summed E-state index contributed by atoms with van der Waals surface area (Å²) in [7, 11) is 0. The predicted octanol–water partition coefficient (Wildman–Crippen LogP) is 2.15. The lowest BCUT2D eigenvalue weighted by Gasteiger charge is -2.19. The molecule has 19 heavy (non-hydrogen) atoms. The van der Waals surface area contributed by atoms with Crippen LogP contribution in [0.3, 0.4) is 0 Å². The summed E-state index contributed by atoms with van der Waals surface area (Å²) in [5.41, 5.74) is 0.713. The number of hydrogen-bond donors (Lipinski definition) is 2. The first-order chi connectivity index (χ1) is 8.99. The normalized spacial score (nSPS) is 16.9. The summed E-state index contributed by atoms with van der Waals surface area (Å²) in [5, 5.41) is 18.9. The molecule has 100 valence electrons. The van der Waals surface area contributed by atoms with E-state index >= 15 is 0 Å². The van der Waals surface area contributed by atoms with E-state index in [1.165, 1.54) is 12.1 Å². The number of nitrogens with zero attached hydrogens (tertiary/aromatic N) is 1. The number of hydrogen-bond acceptors (Lipinski definition) is 4. The predicted molar refractivity (Wildman–Crippen MR) is 68.1 cm³/mol. The van der Waals surface area contributed by atoms with E-state index in [9.17, 15) is 14.7 Å². The van der Waals surface area contributed by atoms with E-state index in [1.54, 1.807) is 0 Å². The zero-order valence-corrected chi connectivity index (χ0v) is 10.7. The van der Waals surface area contributed by atoms with Gasteiger partial charge in [0, 0.05) is 18.4 Å². The summed E-state index contributed by atoms with van der Waals surface area (Å²) < 4.78 is 0. The van der Waals surface area contributed by atoms with Crippen LogP contribution in [0.4, 0.5) is 0 Å². The maximum Gasteiger partial charge on any atom is 0.354 e. The van der Waals surface area contributed by atoms with Gasteiger partial charge in [-0.15, -0.1) is 0 Å². The van der Waals surface area contributed by atoms with Crippen molar-refractivity contribution >= 4 is 23.4 Å². The van der Waals surface area contributed by atoms with Crippen LogP contribution in [-0.4, -0.2) is 26.9 Å². The van der Waals surface area contributed by atoms with E-state index in [0.29, 0.717) is 24.0 Å². The molecule has 1 aliphatic carbocycles. The molecule has 0 fully saturated rings. The van der Waals surface area contributed by atoms with E-state index in [-0.39, 0.29) is 23.1 Å². The van der Waals surface area contributed by atoms with Crippen molar-refractivity contribution in [1.82, 2.24) is 4.98 Å². The summed E-state index contributed by atoms with van der Waals surface area (Å²) in [6.07, 6.45) is 2.07. The van der Waals surface area contributed by atoms with E-state index in [1.807, 2.05) is 6.08 Å². The van der Waals surface area contributed by atoms with Crippen molar-refractivity contribution in [1.29, 1.82) is 0 Å². The van der Waals surface area contributed by atoms with E-state index in [4.69, 9.17) is 16.7 Å². The Balaban J connectivity index is 2.29. The SMILES string of the molecule is O=C1CCC=C(C(O)c2ccc(C(=O)O)nc2Cl)C1. The van der Waals surface area contributed by atoms with Crippen molar-refractivity contribution in [2.75, 3.05) is 0 Å². The minimum Gasteiger partial charge on any atom is -0.477 e. The minimum atomic E-state index is -1.19. The maximum atomic E-state index is 11.4. The maximum absolute atomic E-state index is 11.4. The average Bonchev–Trinajstić information content (AvgIpc) is 2.37. The molecule has 1 heterocycles. The van der Waals surface area contributed by atoms with Gasteiger partial charge in [0.25, 0.3) is 0 Å². The van der Waals surface area contributed by atoms with Crippen molar-refractivity contribution in [2.45, 2.75) is 25.4 Å². The van der Waals surface area contributed by atoms with E-state index in [2.05, 4.69) is 4.98 Å². The van der Waals surface area contributed by atoms with Gasteiger partial charge in [-0.3, -0.25) is 4.79 Å². The second kappa shape index (κ2) is 5.50. The number of aromatic carboxylic acids is 1. The molecule has 0 spiro atoms. The number of pyridine rings is 1. The molecular formula is C13H12ClNO4. The molecule has 0 aromatic carbocycles. The first-order valence-electron chi connectivity index (χ1n) is 5.77. The van der Waals surface area contributed by atoms with Crippen LogP contribution in [0.15, 0.2) is 23.8 Å². The zero-order chi connectivity index (χ0) is 14.0. The third-order valence-electron chi connectivity index (χ3n) is 2.97. The van der Waals surface area contributed by atoms with Crippen molar-refractivity contribution in [2.24, 2.45) is 0 Å². The molecule has 0 saturated heterocycles. The van der Waals surface area contributed by atoms with Gasteiger partial charge >= 0.3 is 5.97 Å². The fourth-order valence-corrected chi connectivity index (χ4v) is 2.24. The highest BCUT2D eigenvalue weighted by Crippen LogP contribution is 2.31. The van der Waals surface area contributed by atoms with E-state index < -0.39 is 12.1 Å². The van der Waals surface area contributed by atoms with Crippen LogP contribution >= 0.6 is 11.6 Å². The molecule has 0 saturated carbocycles. The third-order valence-corrected chi connectivity index (χ3v) is 3.28. The molecule has 1 aromatic rings. The number of carboxylic acid groups (broad SMARTS) is 1. The summed E-state index contributed by atoms with van der Waals surface area (Å²) in [6.45, 7) is 0. The Morgan fingerprint density at radius 3 is 2.74 bits per heavy atom. The van der Waals surface area contributed by atoms with Crippen molar-refractivity contribution < 1.29 is 19.8 Å². The van der Waals surface area contributed by atoms with Crippen LogP contribution in [-0.2, 0) is 4.79 Å². The number of carboxylic acids is 1. The molecule has 0 amide bonds. The van der Waals surface area contributed by atoms with Crippen LogP contribution in [0.25, 0.3) is 0 Å². The molecular weight excluding hydrogens is 270 g/mol. The molecule has 1 aliphatic rings. The summed E-state index contributed by atoms with van der Waals surface area (Å²) in [6, 6.07) is 2.70. The van der Waals surface area contributed by atoms with Crippen LogP contribution in [0.5, 0.6) is 0 Å². The van der Waals surface area contributed by atoms with Gasteiger partial charge in [-0.2, -0.15) is 0 Å². The molecule has 0 radical (unpaired) electrons. The van der Waals surface area contributed by atoms with Crippen molar-refractivity contribution in [3.05, 3.63) is 40.2 Å². The molecule has 5 nitrogen and oxygen atoms in total. The largest absolute Gasteiger partial charge is 0.477 e. The lowest BCUT2D eigenvalue weighted by molar-refractivity contribution is -0.118. The number of carbonyl (C=O) groups is 2. The molecule has 2 rings (SSSR count). The highest BCUT2D eigenvalue weighted by atomic mass is 35.5. The molecule has 1 unspecified atom stereocenters. The van der Waals surface area contributed by atoms with Gasteiger partial charge in [0.05, 0.1) is 0 Å². The number of aromatic nitrogens is 1. The number of aliphatic hydroxyl groups is 1. The Morgan fingerprint density at radius 1 is 1.42 bits per heavy atom. The summed E-state index contributed by atoms with van der Waals surface area (Å²) in [5.74, 6) is -1.11. The first-order valence-corrected chi connectivity index (χ1v) is 6.15. The highest BCUT2D eigenvalue weighted by Gasteiger charge is 2.22. The summed E-state index contributed by atoms with van der Waals surface area (Å²) in [4.78, 5) is 25.8. The third kappa shape index (κ3) is 3.00. The number of ketones is 1. The van der Waals surface area contributed by atoms with Gasteiger partial charge < -0.3 is 10.2 Å². The van der Waals surface area contributed by atoms with Crippen molar-refractivity contribution in [3.8, 4) is 0 Å². The first kappa shape index (κ1) is 13.7. The second-order valence-electron chi connectivity index (χ2n) is 4.32. The second-order valence-corrected chi connectivity index (χ2v) is 4.68. The Labute approximate surface area is 114 Å². The van der Waals surface area contributed by atoms with Gasteiger partial charge in [-0.1, -0.05) is 23.7 Å². The Bertz CT molecular complexity index is 568. The number of Topliss-reactive ketones (excluding diaryl/α,β-unsaturated/α-hetero) is 1. The molecule has 6 heteroatoms. The van der Waals surface area contributed by atoms with Gasteiger partial charge in [0.15, 0.2) is 0 Å².